The number of likely N-dealkylation sites (tertiary alicyclic amines) is 2. The summed E-state index contributed by atoms with van der Waals surface area (Å²) in [7, 11) is 6.40. The van der Waals surface area contributed by atoms with Gasteiger partial charge in [0, 0.05) is 49.8 Å². The van der Waals surface area contributed by atoms with E-state index in [0.717, 1.165) is 48.0 Å². The molecule has 238 valence electrons. The van der Waals surface area contributed by atoms with Crippen molar-refractivity contribution in [3.63, 3.8) is 0 Å². The fourth-order valence-electron chi connectivity index (χ4n) is 7.36. The highest BCUT2D eigenvalue weighted by Gasteiger charge is 2.56. The third-order valence-electron chi connectivity index (χ3n) is 9.63. The van der Waals surface area contributed by atoms with Crippen molar-refractivity contribution in [3.8, 4) is 17.2 Å². The van der Waals surface area contributed by atoms with E-state index in [4.69, 9.17) is 19.9 Å². The van der Waals surface area contributed by atoms with E-state index < -0.39 is 11.6 Å². The van der Waals surface area contributed by atoms with Gasteiger partial charge in [-0.25, -0.2) is 0 Å². The SMILES string of the molecule is COc1cc(CN(C)C(=O)C(C(C)=O)(C(N)c2c[nH]c3ccccc23)N2CCC(N3CCCCC3)CC2)cc(OC)c1OC. The molecule has 3 heterocycles. The Kier molecular flexibility index (Phi) is 9.82. The summed E-state index contributed by atoms with van der Waals surface area (Å²) in [6, 6.07) is 11.1. The van der Waals surface area contributed by atoms with Crippen LogP contribution in [0.1, 0.15) is 56.2 Å². The summed E-state index contributed by atoms with van der Waals surface area (Å²) in [6.07, 6.45) is 7.37. The quantitative estimate of drug-likeness (QED) is 0.314. The molecule has 3 N–H and O–H groups in total. The molecule has 10 nitrogen and oxygen atoms in total. The van der Waals surface area contributed by atoms with Crippen LogP contribution >= 0.6 is 0 Å². The second-order valence-electron chi connectivity index (χ2n) is 12.1. The van der Waals surface area contributed by atoms with Gasteiger partial charge in [0.25, 0.3) is 5.91 Å². The lowest BCUT2D eigenvalue weighted by atomic mass is 9.78. The van der Waals surface area contributed by atoms with Crippen LogP contribution in [0.3, 0.4) is 0 Å². The molecule has 0 saturated carbocycles. The number of amides is 1. The van der Waals surface area contributed by atoms with Gasteiger partial charge >= 0.3 is 0 Å². The number of Topliss-reactive ketones (excluding diaryl/α,β-unsaturated/α-hetero) is 1. The number of carbonyl (C=O) groups is 2. The van der Waals surface area contributed by atoms with Crippen LogP contribution in [0.5, 0.6) is 17.2 Å². The van der Waals surface area contributed by atoms with Crippen molar-refractivity contribution >= 4 is 22.6 Å². The number of benzene rings is 2. The monoisotopic (exact) mass is 605 g/mol. The van der Waals surface area contributed by atoms with Crippen molar-refractivity contribution in [2.24, 2.45) is 5.73 Å². The molecule has 10 heteroatoms. The average molecular weight is 606 g/mol. The van der Waals surface area contributed by atoms with Gasteiger partial charge in [0.15, 0.2) is 22.8 Å². The van der Waals surface area contributed by atoms with Crippen LogP contribution in [0, 0.1) is 0 Å². The van der Waals surface area contributed by atoms with Crippen LogP contribution in [0.2, 0.25) is 0 Å². The molecule has 2 fully saturated rings. The molecule has 5 rings (SSSR count). The Hall–Kier alpha value is -3.60. The highest BCUT2D eigenvalue weighted by Crippen LogP contribution is 2.41. The van der Waals surface area contributed by atoms with E-state index in [9.17, 15) is 9.59 Å². The molecule has 1 aromatic heterocycles. The van der Waals surface area contributed by atoms with Gasteiger partial charge in [-0.1, -0.05) is 24.6 Å². The van der Waals surface area contributed by atoms with Crippen LogP contribution in [-0.4, -0.2) is 97.5 Å². The van der Waals surface area contributed by atoms with Gasteiger partial charge in [0.05, 0.1) is 27.4 Å². The normalized spacial score (nSPS) is 18.9. The van der Waals surface area contributed by atoms with Gasteiger partial charge in [0.1, 0.15) is 0 Å². The van der Waals surface area contributed by atoms with E-state index >= 15 is 0 Å². The van der Waals surface area contributed by atoms with E-state index in [2.05, 4.69) is 14.8 Å². The number of aromatic nitrogens is 1. The summed E-state index contributed by atoms with van der Waals surface area (Å²) in [5.41, 5.74) is 8.01. The number of carbonyl (C=O) groups excluding carboxylic acids is 2. The maximum absolute atomic E-state index is 14.9. The zero-order valence-corrected chi connectivity index (χ0v) is 26.7. The smallest absolute Gasteiger partial charge is 0.252 e. The number of methoxy groups -OCH3 is 3. The minimum Gasteiger partial charge on any atom is -0.493 e. The van der Waals surface area contributed by atoms with Crippen molar-refractivity contribution in [2.45, 2.75) is 63.2 Å². The molecule has 2 aliphatic rings. The molecule has 0 spiro atoms. The van der Waals surface area contributed by atoms with Crippen molar-refractivity contribution in [1.29, 1.82) is 0 Å². The fourth-order valence-corrected chi connectivity index (χ4v) is 7.36. The van der Waals surface area contributed by atoms with Gasteiger partial charge < -0.3 is 34.7 Å². The van der Waals surface area contributed by atoms with Crippen LogP contribution < -0.4 is 19.9 Å². The second kappa shape index (κ2) is 13.6. The average Bonchev–Trinajstić information content (AvgIpc) is 3.49. The Balaban J connectivity index is 1.52. The zero-order chi connectivity index (χ0) is 31.4. The summed E-state index contributed by atoms with van der Waals surface area (Å²) in [5, 5.41) is 0.911. The van der Waals surface area contributed by atoms with Crippen molar-refractivity contribution in [2.75, 3.05) is 54.6 Å². The van der Waals surface area contributed by atoms with Crippen molar-refractivity contribution < 1.29 is 23.8 Å². The fraction of sp³-hybridized carbons (Fsp3) is 0.529. The number of rotatable bonds is 11. The first-order valence-corrected chi connectivity index (χ1v) is 15.6. The number of aromatic amines is 1. The Labute approximate surface area is 260 Å². The summed E-state index contributed by atoms with van der Waals surface area (Å²) in [5.74, 6) is 0.886. The Morgan fingerprint density at radius 2 is 1.64 bits per heavy atom. The van der Waals surface area contributed by atoms with Gasteiger partial charge in [-0.15, -0.1) is 0 Å². The molecule has 2 aromatic carbocycles. The van der Waals surface area contributed by atoms with Gasteiger partial charge in [-0.2, -0.15) is 0 Å². The van der Waals surface area contributed by atoms with Crippen molar-refractivity contribution in [1.82, 2.24) is 19.7 Å². The van der Waals surface area contributed by atoms with Gasteiger partial charge in [-0.05, 0) is 75.0 Å². The first-order valence-electron chi connectivity index (χ1n) is 15.6. The number of H-pyrrole nitrogens is 1. The van der Waals surface area contributed by atoms with Crippen LogP contribution in [0.25, 0.3) is 10.9 Å². The molecule has 2 aliphatic heterocycles. The molecule has 0 radical (unpaired) electrons. The number of hydrogen-bond acceptors (Lipinski definition) is 8. The van der Waals surface area contributed by atoms with E-state index in [1.165, 1.54) is 26.2 Å². The van der Waals surface area contributed by atoms with Crippen LogP contribution in [0.15, 0.2) is 42.6 Å². The molecule has 3 aromatic rings. The Bertz CT molecular complexity index is 1430. The van der Waals surface area contributed by atoms with E-state index in [1.54, 1.807) is 33.3 Å². The number of ketones is 1. The number of nitrogens with two attached hydrogens (primary N) is 1. The topological polar surface area (TPSA) is 113 Å². The summed E-state index contributed by atoms with van der Waals surface area (Å²) in [6.45, 7) is 5.19. The molecule has 2 unspecified atom stereocenters. The zero-order valence-electron chi connectivity index (χ0n) is 26.7. The van der Waals surface area contributed by atoms with Crippen molar-refractivity contribution in [3.05, 3.63) is 53.7 Å². The molecule has 44 heavy (non-hydrogen) atoms. The first kappa shape index (κ1) is 31.8. The number of fused-ring (bicyclic) bond motifs is 1. The largest absolute Gasteiger partial charge is 0.493 e. The van der Waals surface area contributed by atoms with E-state index in [-0.39, 0.29) is 18.2 Å². The number of piperidine rings is 2. The predicted molar refractivity (Wildman–Crippen MR) is 171 cm³/mol. The number of ether oxygens (including phenoxy) is 3. The van der Waals surface area contributed by atoms with Crippen LogP contribution in [0.4, 0.5) is 0 Å². The minimum atomic E-state index is -1.59. The molecule has 0 aliphatic carbocycles. The standard InChI is InChI=1S/C34H47N5O5/c1-23(40)34(32(35)27-21-36-28-12-8-7-11-26(27)28,39-17-13-25(14-18-39)38-15-9-6-10-16-38)33(41)37(2)22-24-19-29(42-3)31(44-5)30(20-24)43-4/h7-8,11-12,19-21,25,32,36H,6,9-10,13-18,22,35H2,1-5H3. The predicted octanol–water partition coefficient (Wildman–Crippen LogP) is 4.13. The number of likely N-dealkylation sites (N-methyl/N-ethyl adjacent to an activating group) is 1. The lowest BCUT2D eigenvalue weighted by Gasteiger charge is -2.50. The maximum atomic E-state index is 14.9. The lowest BCUT2D eigenvalue weighted by molar-refractivity contribution is -0.155. The molecule has 1 amide bonds. The highest BCUT2D eigenvalue weighted by atomic mass is 16.5. The molecule has 2 saturated heterocycles. The Morgan fingerprint density at radius 3 is 2.23 bits per heavy atom. The lowest BCUT2D eigenvalue weighted by Crippen LogP contribution is -2.69. The highest BCUT2D eigenvalue weighted by molar-refractivity contribution is 6.11. The van der Waals surface area contributed by atoms with Crippen LogP contribution in [-0.2, 0) is 16.1 Å². The van der Waals surface area contributed by atoms with Gasteiger partial charge in [0.2, 0.25) is 5.75 Å². The summed E-state index contributed by atoms with van der Waals surface area (Å²) in [4.78, 5) is 38.5. The third-order valence-corrected chi connectivity index (χ3v) is 9.63. The van der Waals surface area contributed by atoms with Gasteiger partial charge in [-0.3, -0.25) is 14.5 Å². The number of nitrogens with zero attached hydrogens (tertiary/aromatic N) is 3. The third kappa shape index (κ3) is 5.78. The maximum Gasteiger partial charge on any atom is 0.252 e. The van der Waals surface area contributed by atoms with E-state index in [0.29, 0.717) is 36.4 Å². The van der Waals surface area contributed by atoms with E-state index in [1.807, 2.05) is 42.6 Å². The number of nitrogens with one attached hydrogen (secondary N) is 1. The molecular formula is C34H47N5O5. The first-order chi connectivity index (χ1) is 21.3. The second-order valence-corrected chi connectivity index (χ2v) is 12.1. The minimum absolute atomic E-state index is 0.218. The molecular weight excluding hydrogens is 558 g/mol. The summed E-state index contributed by atoms with van der Waals surface area (Å²) < 4.78 is 16.6. The molecule has 2 atom stereocenters. The summed E-state index contributed by atoms with van der Waals surface area (Å²) >= 11 is 0. The number of hydrogen-bond donors (Lipinski definition) is 2. The number of para-hydroxylation sites is 1. The molecule has 0 bridgehead atoms. The Morgan fingerprint density at radius 1 is 1.00 bits per heavy atom.